The van der Waals surface area contributed by atoms with E-state index in [1.807, 2.05) is 18.4 Å². The molecule has 2 nitrogen and oxygen atoms in total. The molecule has 2 rings (SSSR count). The van der Waals surface area contributed by atoms with Crippen molar-refractivity contribution in [2.45, 2.75) is 39.0 Å². The molecule has 1 heterocycles. The third kappa shape index (κ3) is 2.58. The molecule has 0 saturated carbocycles. The Balaban J connectivity index is 2.05. The first kappa shape index (κ1) is 11.1. The van der Waals surface area contributed by atoms with Crippen molar-refractivity contribution in [2.75, 3.05) is 13.6 Å². The molecular formula is C12H20N2S. The van der Waals surface area contributed by atoms with Crippen LogP contribution in [-0.4, -0.2) is 18.6 Å². The minimum atomic E-state index is 0.831. The lowest BCUT2D eigenvalue weighted by atomic mass is 9.91. The van der Waals surface area contributed by atoms with Crippen molar-refractivity contribution >= 4 is 11.3 Å². The molecule has 1 aliphatic rings. The number of nitrogens with zero attached hydrogens (tertiary/aromatic N) is 1. The number of hydrogen-bond donors (Lipinski definition) is 1. The second-order valence-corrected chi connectivity index (χ2v) is 5.56. The van der Waals surface area contributed by atoms with Crippen LogP contribution >= 0.6 is 11.3 Å². The lowest BCUT2D eigenvalue weighted by Crippen LogP contribution is -2.24. The zero-order valence-electron chi connectivity index (χ0n) is 9.68. The molecule has 0 aromatic carbocycles. The Bertz CT molecular complexity index is 319. The Morgan fingerprint density at radius 2 is 2.40 bits per heavy atom. The molecule has 0 aliphatic heterocycles. The maximum atomic E-state index is 4.73. The fourth-order valence-electron chi connectivity index (χ4n) is 2.28. The van der Waals surface area contributed by atoms with E-state index >= 15 is 0 Å². The van der Waals surface area contributed by atoms with Crippen molar-refractivity contribution < 1.29 is 0 Å². The third-order valence-electron chi connectivity index (χ3n) is 3.04. The summed E-state index contributed by atoms with van der Waals surface area (Å²) in [5.74, 6) is 0.831. The van der Waals surface area contributed by atoms with E-state index in [9.17, 15) is 0 Å². The van der Waals surface area contributed by atoms with Crippen molar-refractivity contribution in [3.05, 3.63) is 15.6 Å². The fraction of sp³-hybridized carbons (Fsp3) is 0.750. The summed E-state index contributed by atoms with van der Waals surface area (Å²) in [5.41, 5.74) is 1.40. The topological polar surface area (TPSA) is 24.9 Å². The summed E-state index contributed by atoms with van der Waals surface area (Å²) in [5, 5.41) is 4.64. The number of rotatable bonds is 4. The van der Waals surface area contributed by atoms with E-state index in [1.54, 1.807) is 4.88 Å². The fourth-order valence-corrected chi connectivity index (χ4v) is 3.61. The Hall–Kier alpha value is -0.410. The Labute approximate surface area is 96.1 Å². The Kier molecular flexibility index (Phi) is 3.76. The highest BCUT2D eigenvalue weighted by Gasteiger charge is 2.21. The van der Waals surface area contributed by atoms with Gasteiger partial charge in [-0.2, -0.15) is 0 Å². The molecule has 15 heavy (non-hydrogen) atoms. The zero-order chi connectivity index (χ0) is 10.7. The molecule has 3 heteroatoms. The molecule has 1 unspecified atom stereocenters. The van der Waals surface area contributed by atoms with Gasteiger partial charge < -0.3 is 5.32 Å². The van der Waals surface area contributed by atoms with E-state index in [4.69, 9.17) is 4.98 Å². The first-order valence-corrected chi connectivity index (χ1v) is 6.77. The van der Waals surface area contributed by atoms with E-state index in [2.05, 4.69) is 12.2 Å². The van der Waals surface area contributed by atoms with Crippen LogP contribution in [0.1, 0.15) is 35.3 Å². The van der Waals surface area contributed by atoms with Gasteiger partial charge in [-0.3, -0.25) is 0 Å². The van der Waals surface area contributed by atoms with Crippen molar-refractivity contribution in [3.63, 3.8) is 0 Å². The quantitative estimate of drug-likeness (QED) is 0.849. The summed E-state index contributed by atoms with van der Waals surface area (Å²) in [6, 6.07) is 0. The van der Waals surface area contributed by atoms with Gasteiger partial charge in [-0.15, -0.1) is 11.3 Å². The van der Waals surface area contributed by atoms with Crippen molar-refractivity contribution in [2.24, 2.45) is 5.92 Å². The predicted molar refractivity (Wildman–Crippen MR) is 65.6 cm³/mol. The van der Waals surface area contributed by atoms with E-state index < -0.39 is 0 Å². The lowest BCUT2D eigenvalue weighted by molar-refractivity contribution is 0.441. The summed E-state index contributed by atoms with van der Waals surface area (Å²) in [6.07, 6.45) is 6.13. The molecule has 0 fully saturated rings. The molecule has 0 bridgehead atoms. The minimum absolute atomic E-state index is 0.831. The van der Waals surface area contributed by atoms with E-state index in [0.717, 1.165) is 18.9 Å². The molecule has 1 N–H and O–H groups in total. The van der Waals surface area contributed by atoms with Crippen LogP contribution in [0.2, 0.25) is 0 Å². The first-order valence-electron chi connectivity index (χ1n) is 5.95. The number of hydrogen-bond acceptors (Lipinski definition) is 3. The van der Waals surface area contributed by atoms with Crippen LogP contribution in [0.5, 0.6) is 0 Å². The molecule has 1 aromatic rings. The van der Waals surface area contributed by atoms with Gasteiger partial charge in [-0.05, 0) is 51.6 Å². The summed E-state index contributed by atoms with van der Waals surface area (Å²) >= 11 is 1.95. The van der Waals surface area contributed by atoms with Gasteiger partial charge in [0.2, 0.25) is 0 Å². The maximum Gasteiger partial charge on any atom is 0.0931 e. The van der Waals surface area contributed by atoms with Gasteiger partial charge in [-0.1, -0.05) is 6.92 Å². The second kappa shape index (κ2) is 5.08. The average Bonchev–Trinajstić information content (AvgIpc) is 2.60. The number of nitrogens with one attached hydrogen (secondary N) is 1. The summed E-state index contributed by atoms with van der Waals surface area (Å²) < 4.78 is 0. The molecule has 1 aromatic heterocycles. The van der Waals surface area contributed by atoms with Crippen LogP contribution in [0, 0.1) is 5.92 Å². The van der Waals surface area contributed by atoms with Crippen LogP contribution in [0.4, 0.5) is 0 Å². The highest BCUT2D eigenvalue weighted by Crippen LogP contribution is 2.30. The first-order chi connectivity index (χ1) is 7.33. The standard InChI is InChI=1S/C12H20N2S/c1-3-4-12-14-10-6-5-9(8-13-2)7-11(10)15-12/h9,13H,3-8H2,1-2H3. The van der Waals surface area contributed by atoms with E-state index in [0.29, 0.717) is 0 Å². The minimum Gasteiger partial charge on any atom is -0.319 e. The number of fused-ring (bicyclic) bond motifs is 1. The van der Waals surface area contributed by atoms with Crippen molar-refractivity contribution in [1.82, 2.24) is 10.3 Å². The van der Waals surface area contributed by atoms with Gasteiger partial charge in [0.1, 0.15) is 0 Å². The highest BCUT2D eigenvalue weighted by molar-refractivity contribution is 7.11. The number of aromatic nitrogens is 1. The molecule has 0 radical (unpaired) electrons. The maximum absolute atomic E-state index is 4.73. The zero-order valence-corrected chi connectivity index (χ0v) is 10.5. The van der Waals surface area contributed by atoms with Gasteiger partial charge >= 0.3 is 0 Å². The van der Waals surface area contributed by atoms with Crippen molar-refractivity contribution in [1.29, 1.82) is 0 Å². The molecule has 1 aliphatic carbocycles. The van der Waals surface area contributed by atoms with Gasteiger partial charge in [0.15, 0.2) is 0 Å². The van der Waals surface area contributed by atoms with Gasteiger partial charge in [0, 0.05) is 4.88 Å². The van der Waals surface area contributed by atoms with Crippen molar-refractivity contribution in [3.8, 4) is 0 Å². The number of thiazole rings is 1. The number of aryl methyl sites for hydroxylation is 2. The largest absolute Gasteiger partial charge is 0.319 e. The SMILES string of the molecule is CCCc1nc2c(s1)CC(CNC)CC2. The predicted octanol–water partition coefficient (Wildman–Crippen LogP) is 2.42. The van der Waals surface area contributed by atoms with E-state index in [1.165, 1.54) is 36.4 Å². The van der Waals surface area contributed by atoms with E-state index in [-0.39, 0.29) is 0 Å². The van der Waals surface area contributed by atoms with Crippen LogP contribution in [0.25, 0.3) is 0 Å². The second-order valence-electron chi connectivity index (χ2n) is 4.39. The van der Waals surface area contributed by atoms with Gasteiger partial charge in [-0.25, -0.2) is 4.98 Å². The molecular weight excluding hydrogens is 204 g/mol. The highest BCUT2D eigenvalue weighted by atomic mass is 32.1. The van der Waals surface area contributed by atoms with Crippen LogP contribution in [-0.2, 0) is 19.3 Å². The monoisotopic (exact) mass is 224 g/mol. The molecule has 0 saturated heterocycles. The summed E-state index contributed by atoms with van der Waals surface area (Å²) in [4.78, 5) is 6.29. The summed E-state index contributed by atoms with van der Waals surface area (Å²) in [7, 11) is 2.05. The molecule has 0 spiro atoms. The Morgan fingerprint density at radius 3 is 3.13 bits per heavy atom. The molecule has 1 atom stereocenters. The molecule has 0 amide bonds. The average molecular weight is 224 g/mol. The van der Waals surface area contributed by atoms with Crippen LogP contribution < -0.4 is 5.32 Å². The summed E-state index contributed by atoms with van der Waals surface area (Å²) in [6.45, 7) is 3.38. The lowest BCUT2D eigenvalue weighted by Gasteiger charge is -2.20. The smallest absolute Gasteiger partial charge is 0.0931 e. The van der Waals surface area contributed by atoms with Gasteiger partial charge in [0.25, 0.3) is 0 Å². The van der Waals surface area contributed by atoms with Gasteiger partial charge in [0.05, 0.1) is 10.7 Å². The Morgan fingerprint density at radius 1 is 1.53 bits per heavy atom. The van der Waals surface area contributed by atoms with Crippen LogP contribution in [0.15, 0.2) is 0 Å². The normalized spacial score (nSPS) is 20.3. The molecule has 84 valence electrons. The third-order valence-corrected chi connectivity index (χ3v) is 4.22. The van der Waals surface area contributed by atoms with Crippen LogP contribution in [0.3, 0.4) is 0 Å².